The fraction of sp³-hybridized carbons (Fsp3) is 0.300. The van der Waals surface area contributed by atoms with E-state index in [1.54, 1.807) is 55.5 Å². The van der Waals surface area contributed by atoms with E-state index in [1.807, 2.05) is 6.92 Å². The van der Waals surface area contributed by atoms with Gasteiger partial charge in [0.15, 0.2) is 0 Å². The molecule has 0 aliphatic carbocycles. The number of benzene rings is 2. The van der Waals surface area contributed by atoms with Gasteiger partial charge >= 0.3 is 6.36 Å². The van der Waals surface area contributed by atoms with Gasteiger partial charge in [-0.3, -0.25) is 4.90 Å². The molecule has 9 heteroatoms. The van der Waals surface area contributed by atoms with Crippen molar-refractivity contribution in [3.05, 3.63) is 60.0 Å². The summed E-state index contributed by atoms with van der Waals surface area (Å²) in [5, 5.41) is 8.14. The minimum absolute atomic E-state index is 0.202. The molecule has 29 heavy (non-hydrogen) atoms. The van der Waals surface area contributed by atoms with Gasteiger partial charge in [0.25, 0.3) is 0 Å². The van der Waals surface area contributed by atoms with Crippen molar-refractivity contribution in [1.82, 2.24) is 15.1 Å². The van der Waals surface area contributed by atoms with Crippen LogP contribution in [0.3, 0.4) is 0 Å². The van der Waals surface area contributed by atoms with Crippen molar-refractivity contribution in [2.24, 2.45) is 0 Å². The predicted octanol–water partition coefficient (Wildman–Crippen LogP) is 4.84. The largest absolute Gasteiger partial charge is 0.573 e. The number of nitrogens with zero attached hydrogens (tertiary/aromatic N) is 3. The number of halogens is 3. The van der Waals surface area contributed by atoms with Crippen LogP contribution in [-0.2, 0) is 6.54 Å². The molecule has 154 valence electrons. The molecule has 1 atom stereocenters. The molecule has 0 radical (unpaired) electrons. The Bertz CT molecular complexity index is 942. The first-order valence-corrected chi connectivity index (χ1v) is 8.78. The van der Waals surface area contributed by atoms with E-state index in [0.717, 1.165) is 5.56 Å². The summed E-state index contributed by atoms with van der Waals surface area (Å²) in [5.74, 6) is 1.18. The number of rotatable bonds is 7. The number of methoxy groups -OCH3 is 1. The number of hydrogen-bond acceptors (Lipinski definition) is 6. The second-order valence-electron chi connectivity index (χ2n) is 6.42. The average molecular weight is 407 g/mol. The van der Waals surface area contributed by atoms with Crippen LogP contribution in [0.5, 0.6) is 11.5 Å². The molecule has 0 aliphatic rings. The molecular formula is C20H20F3N3O3. The van der Waals surface area contributed by atoms with Crippen LogP contribution >= 0.6 is 0 Å². The Kier molecular flexibility index (Phi) is 6.07. The van der Waals surface area contributed by atoms with E-state index < -0.39 is 6.36 Å². The minimum atomic E-state index is -4.75. The monoisotopic (exact) mass is 407 g/mol. The molecule has 0 saturated carbocycles. The van der Waals surface area contributed by atoms with E-state index in [1.165, 1.54) is 12.1 Å². The molecule has 0 N–H and O–H groups in total. The number of aromatic nitrogens is 2. The quantitative estimate of drug-likeness (QED) is 0.559. The highest BCUT2D eigenvalue weighted by Gasteiger charge is 2.32. The molecule has 6 nitrogen and oxygen atoms in total. The van der Waals surface area contributed by atoms with Crippen molar-refractivity contribution >= 4 is 0 Å². The normalized spacial score (nSPS) is 12.8. The second kappa shape index (κ2) is 8.52. The lowest BCUT2D eigenvalue weighted by molar-refractivity contribution is -0.275. The lowest BCUT2D eigenvalue weighted by Crippen LogP contribution is -2.24. The van der Waals surface area contributed by atoms with Gasteiger partial charge in [-0.25, -0.2) is 0 Å². The third kappa shape index (κ3) is 5.26. The summed E-state index contributed by atoms with van der Waals surface area (Å²) in [4.78, 5) is 1.80. The van der Waals surface area contributed by atoms with Crippen LogP contribution in [0.4, 0.5) is 13.2 Å². The maximum atomic E-state index is 12.6. The van der Waals surface area contributed by atoms with E-state index in [0.29, 0.717) is 23.1 Å². The number of alkyl halides is 3. The van der Waals surface area contributed by atoms with Gasteiger partial charge in [-0.15, -0.1) is 23.4 Å². The van der Waals surface area contributed by atoms with Crippen LogP contribution in [0, 0.1) is 0 Å². The van der Waals surface area contributed by atoms with Gasteiger partial charge < -0.3 is 13.9 Å². The Hall–Kier alpha value is -3.07. The van der Waals surface area contributed by atoms with Gasteiger partial charge in [-0.1, -0.05) is 18.2 Å². The summed E-state index contributed by atoms with van der Waals surface area (Å²) in [5.41, 5.74) is 1.14. The minimum Gasteiger partial charge on any atom is -0.497 e. The van der Waals surface area contributed by atoms with E-state index in [4.69, 9.17) is 9.15 Å². The topological polar surface area (TPSA) is 60.6 Å². The number of ether oxygens (including phenoxy) is 2. The number of hydrogen-bond donors (Lipinski definition) is 0. The SMILES string of the molecule is COc1ccc(-c2nnc(C(C)N(C)Cc3ccccc3OC(F)(F)F)o2)cc1. The molecule has 3 rings (SSSR count). The van der Waals surface area contributed by atoms with Crippen molar-refractivity contribution in [1.29, 1.82) is 0 Å². The van der Waals surface area contributed by atoms with Crippen molar-refractivity contribution in [2.75, 3.05) is 14.2 Å². The summed E-state index contributed by atoms with van der Waals surface area (Å²) >= 11 is 0. The molecule has 0 bridgehead atoms. The molecule has 2 aromatic carbocycles. The standard InChI is InChI=1S/C20H20F3N3O3/c1-13(18-24-25-19(28-18)14-8-10-16(27-3)11-9-14)26(2)12-15-6-4-5-7-17(15)29-20(21,22)23/h4-11,13H,12H2,1-3H3. The lowest BCUT2D eigenvalue weighted by Gasteiger charge is -2.23. The van der Waals surface area contributed by atoms with E-state index in [-0.39, 0.29) is 18.3 Å². The zero-order valence-electron chi connectivity index (χ0n) is 16.1. The summed E-state index contributed by atoms with van der Waals surface area (Å²) in [6.45, 7) is 2.03. The molecule has 0 aliphatic heterocycles. The zero-order chi connectivity index (χ0) is 21.0. The molecule has 1 heterocycles. The maximum absolute atomic E-state index is 12.6. The Morgan fingerprint density at radius 3 is 2.41 bits per heavy atom. The van der Waals surface area contributed by atoms with Gasteiger partial charge in [-0.2, -0.15) is 0 Å². The van der Waals surface area contributed by atoms with Crippen LogP contribution in [-0.4, -0.2) is 35.6 Å². The van der Waals surface area contributed by atoms with E-state index in [2.05, 4.69) is 14.9 Å². The highest BCUT2D eigenvalue weighted by atomic mass is 19.4. The maximum Gasteiger partial charge on any atom is 0.573 e. The van der Waals surface area contributed by atoms with Crippen molar-refractivity contribution in [3.8, 4) is 23.0 Å². The Balaban J connectivity index is 1.73. The highest BCUT2D eigenvalue weighted by Crippen LogP contribution is 2.30. The third-order valence-electron chi connectivity index (χ3n) is 4.41. The van der Waals surface area contributed by atoms with Gasteiger partial charge in [0.2, 0.25) is 11.8 Å². The summed E-state index contributed by atoms with van der Waals surface area (Å²) in [6.07, 6.45) is -4.75. The fourth-order valence-electron chi connectivity index (χ4n) is 2.71. The second-order valence-corrected chi connectivity index (χ2v) is 6.42. The summed E-state index contributed by atoms with van der Waals surface area (Å²) in [6, 6.07) is 12.9. The first kappa shape index (κ1) is 20.7. The molecule has 0 amide bonds. The molecule has 1 unspecified atom stereocenters. The van der Waals surface area contributed by atoms with Gasteiger partial charge in [0.1, 0.15) is 11.5 Å². The molecule has 0 fully saturated rings. The van der Waals surface area contributed by atoms with E-state index >= 15 is 0 Å². The van der Waals surface area contributed by atoms with Crippen LogP contribution < -0.4 is 9.47 Å². The first-order chi connectivity index (χ1) is 13.8. The predicted molar refractivity (Wildman–Crippen MR) is 99.3 cm³/mol. The first-order valence-electron chi connectivity index (χ1n) is 8.78. The molecule has 0 saturated heterocycles. The van der Waals surface area contributed by atoms with Crippen LogP contribution in [0.25, 0.3) is 11.5 Å². The molecule has 1 aromatic heterocycles. The smallest absolute Gasteiger partial charge is 0.497 e. The van der Waals surface area contributed by atoms with Crippen molar-refractivity contribution in [2.45, 2.75) is 25.9 Å². The van der Waals surface area contributed by atoms with Crippen LogP contribution in [0.15, 0.2) is 52.9 Å². The highest BCUT2D eigenvalue weighted by molar-refractivity contribution is 5.54. The van der Waals surface area contributed by atoms with Crippen LogP contribution in [0.1, 0.15) is 24.4 Å². The number of para-hydroxylation sites is 1. The Morgan fingerprint density at radius 2 is 1.76 bits per heavy atom. The third-order valence-corrected chi connectivity index (χ3v) is 4.41. The van der Waals surface area contributed by atoms with Gasteiger partial charge in [0.05, 0.1) is 13.2 Å². The fourth-order valence-corrected chi connectivity index (χ4v) is 2.71. The average Bonchev–Trinajstić information content (AvgIpc) is 3.18. The Morgan fingerprint density at radius 1 is 1.07 bits per heavy atom. The van der Waals surface area contributed by atoms with Crippen molar-refractivity contribution in [3.63, 3.8) is 0 Å². The molecule has 0 spiro atoms. The Labute approximate surface area is 165 Å². The van der Waals surface area contributed by atoms with Gasteiger partial charge in [-0.05, 0) is 44.3 Å². The lowest BCUT2D eigenvalue weighted by atomic mass is 10.1. The molecule has 3 aromatic rings. The van der Waals surface area contributed by atoms with Crippen molar-refractivity contribution < 1.29 is 27.1 Å². The van der Waals surface area contributed by atoms with E-state index in [9.17, 15) is 13.2 Å². The molecular weight excluding hydrogens is 387 g/mol. The summed E-state index contributed by atoms with van der Waals surface area (Å²) in [7, 11) is 3.33. The van der Waals surface area contributed by atoms with Crippen LogP contribution in [0.2, 0.25) is 0 Å². The van der Waals surface area contributed by atoms with Gasteiger partial charge in [0, 0.05) is 17.7 Å². The summed E-state index contributed by atoms with van der Waals surface area (Å²) < 4.78 is 52.8. The zero-order valence-corrected chi connectivity index (χ0v) is 16.1.